The van der Waals surface area contributed by atoms with E-state index in [1.807, 2.05) is 0 Å². The van der Waals surface area contributed by atoms with E-state index in [1.54, 1.807) is 0 Å². The molecule has 0 aliphatic carbocycles. The standard InChI is InChI=1S/C7H15NO5S2/c1-6(9)4-8-15(12,13)7-2-3-14(10,11)5-7/h6-9H,2-5H2,1H3. The van der Waals surface area contributed by atoms with Crippen molar-refractivity contribution in [2.24, 2.45) is 0 Å². The van der Waals surface area contributed by atoms with Crippen LogP contribution in [0.4, 0.5) is 0 Å². The highest BCUT2D eigenvalue weighted by molar-refractivity contribution is 7.95. The van der Waals surface area contributed by atoms with E-state index in [4.69, 9.17) is 5.11 Å². The zero-order valence-electron chi connectivity index (χ0n) is 8.38. The van der Waals surface area contributed by atoms with Crippen LogP contribution in [-0.2, 0) is 19.9 Å². The van der Waals surface area contributed by atoms with E-state index in [1.165, 1.54) is 6.92 Å². The van der Waals surface area contributed by atoms with Gasteiger partial charge in [-0.05, 0) is 13.3 Å². The molecule has 1 aliphatic rings. The van der Waals surface area contributed by atoms with Crippen LogP contribution in [-0.4, -0.2) is 51.3 Å². The molecule has 0 aromatic rings. The van der Waals surface area contributed by atoms with Gasteiger partial charge in [-0.25, -0.2) is 21.6 Å². The summed E-state index contributed by atoms with van der Waals surface area (Å²) in [4.78, 5) is 0. The maximum absolute atomic E-state index is 11.5. The van der Waals surface area contributed by atoms with Gasteiger partial charge in [0.1, 0.15) is 0 Å². The smallest absolute Gasteiger partial charge is 0.215 e. The van der Waals surface area contributed by atoms with E-state index in [9.17, 15) is 16.8 Å². The molecule has 1 aliphatic heterocycles. The number of sulfonamides is 1. The minimum Gasteiger partial charge on any atom is -0.392 e. The molecule has 1 rings (SSSR count). The van der Waals surface area contributed by atoms with Gasteiger partial charge in [0.05, 0.1) is 22.9 Å². The summed E-state index contributed by atoms with van der Waals surface area (Å²) in [6.45, 7) is 1.37. The maximum atomic E-state index is 11.5. The largest absolute Gasteiger partial charge is 0.392 e. The van der Waals surface area contributed by atoms with Crippen molar-refractivity contribution in [3.8, 4) is 0 Å². The maximum Gasteiger partial charge on any atom is 0.215 e. The van der Waals surface area contributed by atoms with Gasteiger partial charge in [0.15, 0.2) is 9.84 Å². The third-order valence-corrected chi connectivity index (χ3v) is 6.04. The van der Waals surface area contributed by atoms with Crippen LogP contribution in [0, 0.1) is 0 Å². The number of nitrogens with one attached hydrogen (secondary N) is 1. The summed E-state index contributed by atoms with van der Waals surface area (Å²) in [6.07, 6.45) is -0.643. The zero-order valence-corrected chi connectivity index (χ0v) is 10.0. The van der Waals surface area contributed by atoms with Crippen molar-refractivity contribution in [1.82, 2.24) is 4.72 Å². The molecular formula is C7H15NO5S2. The second-order valence-corrected chi connectivity index (χ2v) is 8.04. The molecular weight excluding hydrogens is 242 g/mol. The lowest BCUT2D eigenvalue weighted by atomic mass is 10.4. The first kappa shape index (κ1) is 12.9. The highest BCUT2D eigenvalue weighted by Gasteiger charge is 2.36. The van der Waals surface area contributed by atoms with E-state index < -0.39 is 31.2 Å². The number of rotatable bonds is 4. The van der Waals surface area contributed by atoms with E-state index in [2.05, 4.69) is 4.72 Å². The molecule has 15 heavy (non-hydrogen) atoms. The summed E-state index contributed by atoms with van der Waals surface area (Å²) in [5.74, 6) is -0.393. The van der Waals surface area contributed by atoms with E-state index in [0.717, 1.165) is 0 Å². The molecule has 8 heteroatoms. The summed E-state index contributed by atoms with van der Waals surface area (Å²) >= 11 is 0. The second kappa shape index (κ2) is 4.36. The van der Waals surface area contributed by atoms with Gasteiger partial charge in [-0.2, -0.15) is 0 Å². The molecule has 2 atom stereocenters. The Morgan fingerprint density at radius 3 is 2.53 bits per heavy atom. The Balaban J connectivity index is 2.64. The van der Waals surface area contributed by atoms with Crippen molar-refractivity contribution in [2.75, 3.05) is 18.1 Å². The number of aliphatic hydroxyl groups is 1. The highest BCUT2D eigenvalue weighted by atomic mass is 32.2. The van der Waals surface area contributed by atoms with Gasteiger partial charge in [-0.1, -0.05) is 0 Å². The summed E-state index contributed by atoms with van der Waals surface area (Å²) < 4.78 is 47.4. The Bertz CT molecular complexity index is 411. The zero-order chi connectivity index (χ0) is 11.7. The van der Waals surface area contributed by atoms with Crippen molar-refractivity contribution >= 4 is 19.9 Å². The van der Waals surface area contributed by atoms with Gasteiger partial charge in [0.2, 0.25) is 10.0 Å². The minimum absolute atomic E-state index is 0.0761. The predicted molar refractivity (Wildman–Crippen MR) is 55.7 cm³/mol. The number of aliphatic hydroxyl groups excluding tert-OH is 1. The second-order valence-electron chi connectivity index (χ2n) is 3.77. The van der Waals surface area contributed by atoms with Crippen LogP contribution in [0.5, 0.6) is 0 Å². The van der Waals surface area contributed by atoms with Crippen LogP contribution in [0.1, 0.15) is 13.3 Å². The van der Waals surface area contributed by atoms with Crippen LogP contribution in [0.25, 0.3) is 0 Å². The van der Waals surface area contributed by atoms with Crippen LogP contribution in [0.3, 0.4) is 0 Å². The van der Waals surface area contributed by atoms with Crippen molar-refractivity contribution in [3.63, 3.8) is 0 Å². The van der Waals surface area contributed by atoms with Gasteiger partial charge >= 0.3 is 0 Å². The van der Waals surface area contributed by atoms with Gasteiger partial charge < -0.3 is 5.11 Å². The molecule has 2 N–H and O–H groups in total. The number of hydrogen-bond donors (Lipinski definition) is 2. The summed E-state index contributed by atoms with van der Waals surface area (Å²) in [7, 11) is -6.81. The lowest BCUT2D eigenvalue weighted by molar-refractivity contribution is 0.198. The first-order valence-corrected chi connectivity index (χ1v) is 7.97. The Morgan fingerprint density at radius 1 is 1.53 bits per heavy atom. The Kier molecular flexibility index (Phi) is 3.75. The highest BCUT2D eigenvalue weighted by Crippen LogP contribution is 2.17. The van der Waals surface area contributed by atoms with Crippen molar-refractivity contribution < 1.29 is 21.9 Å². The molecule has 0 spiro atoms. The minimum atomic E-state index is -3.62. The average molecular weight is 257 g/mol. The van der Waals surface area contributed by atoms with Gasteiger partial charge in [0.25, 0.3) is 0 Å². The van der Waals surface area contributed by atoms with E-state index in [-0.39, 0.29) is 24.5 Å². The average Bonchev–Trinajstić information content (AvgIpc) is 2.43. The van der Waals surface area contributed by atoms with Crippen LogP contribution in [0.2, 0.25) is 0 Å². The normalized spacial score (nSPS) is 27.7. The lowest BCUT2D eigenvalue weighted by Crippen LogP contribution is -2.38. The third-order valence-electron chi connectivity index (χ3n) is 2.21. The predicted octanol–water partition coefficient (Wildman–Crippen LogP) is -1.53. The number of hydrogen-bond acceptors (Lipinski definition) is 5. The van der Waals surface area contributed by atoms with Crippen molar-refractivity contribution in [3.05, 3.63) is 0 Å². The molecule has 0 aromatic heterocycles. The Labute approximate surface area is 89.7 Å². The third kappa shape index (κ3) is 3.71. The van der Waals surface area contributed by atoms with Crippen molar-refractivity contribution in [2.45, 2.75) is 24.7 Å². The molecule has 2 unspecified atom stereocenters. The molecule has 90 valence electrons. The molecule has 0 radical (unpaired) electrons. The fourth-order valence-corrected chi connectivity index (χ4v) is 5.53. The van der Waals surface area contributed by atoms with Crippen molar-refractivity contribution in [1.29, 1.82) is 0 Å². The first-order chi connectivity index (χ1) is 6.73. The van der Waals surface area contributed by atoms with Crippen LogP contribution >= 0.6 is 0 Å². The molecule has 0 bridgehead atoms. The monoisotopic (exact) mass is 257 g/mol. The molecule has 1 fully saturated rings. The topological polar surface area (TPSA) is 101 Å². The first-order valence-electron chi connectivity index (χ1n) is 4.60. The van der Waals surface area contributed by atoms with Gasteiger partial charge in [-0.15, -0.1) is 0 Å². The van der Waals surface area contributed by atoms with Gasteiger partial charge in [-0.3, -0.25) is 0 Å². The Morgan fingerprint density at radius 2 is 2.13 bits per heavy atom. The van der Waals surface area contributed by atoms with Crippen LogP contribution < -0.4 is 4.72 Å². The summed E-state index contributed by atoms with van der Waals surface area (Å²) in [5.41, 5.74) is 0. The molecule has 1 saturated heterocycles. The SMILES string of the molecule is CC(O)CNS(=O)(=O)C1CCS(=O)(=O)C1. The fraction of sp³-hybridized carbons (Fsp3) is 1.00. The summed E-state index contributed by atoms with van der Waals surface area (Å²) in [6, 6.07) is 0. The quantitative estimate of drug-likeness (QED) is 0.636. The molecule has 0 saturated carbocycles. The lowest BCUT2D eigenvalue weighted by Gasteiger charge is -2.12. The number of sulfone groups is 1. The fourth-order valence-electron chi connectivity index (χ4n) is 1.36. The van der Waals surface area contributed by atoms with E-state index in [0.29, 0.717) is 0 Å². The Hall–Kier alpha value is -0.180. The van der Waals surface area contributed by atoms with E-state index >= 15 is 0 Å². The summed E-state index contributed by atoms with van der Waals surface area (Å²) in [5, 5.41) is 8.04. The van der Waals surface area contributed by atoms with Gasteiger partial charge in [0, 0.05) is 6.54 Å². The molecule has 1 heterocycles. The van der Waals surface area contributed by atoms with Crippen LogP contribution in [0.15, 0.2) is 0 Å². The molecule has 0 amide bonds. The molecule has 0 aromatic carbocycles. The molecule has 6 nitrogen and oxygen atoms in total.